The standard InChI is InChI=1S/C12H18BrN3O2/c1-3-10(7-17)16-12(18)15-8(2)11-5-4-9(13)6-14-11/h4-6,8,10,17H,3,7H2,1-2H3,(H2,15,16,18)/t8-,10-/m1/s1. The number of aliphatic hydroxyl groups excluding tert-OH is 1. The second kappa shape index (κ2) is 7.33. The number of aliphatic hydroxyl groups is 1. The first kappa shape index (κ1) is 14.9. The molecule has 18 heavy (non-hydrogen) atoms. The molecule has 6 heteroatoms. The third-order valence-corrected chi connectivity index (χ3v) is 3.06. The minimum absolute atomic E-state index is 0.0607. The van der Waals surface area contributed by atoms with Crippen molar-refractivity contribution in [1.82, 2.24) is 15.6 Å². The van der Waals surface area contributed by atoms with Gasteiger partial charge in [-0.3, -0.25) is 4.98 Å². The Labute approximate surface area is 115 Å². The largest absolute Gasteiger partial charge is 0.394 e. The third-order valence-electron chi connectivity index (χ3n) is 2.59. The van der Waals surface area contributed by atoms with Gasteiger partial charge in [0.15, 0.2) is 0 Å². The van der Waals surface area contributed by atoms with Gasteiger partial charge in [0.25, 0.3) is 0 Å². The third kappa shape index (κ3) is 4.62. The number of aromatic nitrogens is 1. The Morgan fingerprint density at radius 1 is 1.50 bits per heavy atom. The molecule has 2 atom stereocenters. The van der Waals surface area contributed by atoms with Crippen LogP contribution in [0.2, 0.25) is 0 Å². The first-order valence-electron chi connectivity index (χ1n) is 5.86. The normalized spacial score (nSPS) is 13.8. The molecule has 1 aromatic rings. The maximum atomic E-state index is 11.7. The number of urea groups is 1. The van der Waals surface area contributed by atoms with Gasteiger partial charge in [-0.2, -0.15) is 0 Å². The van der Waals surface area contributed by atoms with E-state index in [0.717, 1.165) is 10.2 Å². The van der Waals surface area contributed by atoms with Crippen molar-refractivity contribution in [2.24, 2.45) is 0 Å². The van der Waals surface area contributed by atoms with Crippen LogP contribution >= 0.6 is 15.9 Å². The summed E-state index contributed by atoms with van der Waals surface area (Å²) in [6, 6.07) is 3.02. The molecule has 0 fully saturated rings. The number of nitrogens with one attached hydrogen (secondary N) is 2. The smallest absolute Gasteiger partial charge is 0.315 e. The van der Waals surface area contributed by atoms with Gasteiger partial charge in [-0.15, -0.1) is 0 Å². The lowest BCUT2D eigenvalue weighted by molar-refractivity contribution is 0.212. The number of hydrogen-bond donors (Lipinski definition) is 3. The van der Waals surface area contributed by atoms with Gasteiger partial charge in [0.1, 0.15) is 0 Å². The van der Waals surface area contributed by atoms with E-state index in [2.05, 4.69) is 31.5 Å². The zero-order valence-electron chi connectivity index (χ0n) is 10.5. The van der Waals surface area contributed by atoms with Crippen LogP contribution in [0, 0.1) is 0 Å². The molecule has 0 bridgehead atoms. The van der Waals surface area contributed by atoms with Crippen molar-refractivity contribution in [3.63, 3.8) is 0 Å². The summed E-state index contributed by atoms with van der Waals surface area (Å²) in [6.07, 6.45) is 2.38. The molecule has 3 N–H and O–H groups in total. The lowest BCUT2D eigenvalue weighted by Crippen LogP contribution is -2.44. The minimum Gasteiger partial charge on any atom is -0.394 e. The molecule has 0 unspecified atom stereocenters. The van der Waals surface area contributed by atoms with E-state index in [4.69, 9.17) is 5.11 Å². The van der Waals surface area contributed by atoms with Crippen LogP contribution in [0.25, 0.3) is 0 Å². The van der Waals surface area contributed by atoms with Gasteiger partial charge in [0, 0.05) is 10.7 Å². The lowest BCUT2D eigenvalue weighted by Gasteiger charge is -2.18. The van der Waals surface area contributed by atoms with E-state index in [9.17, 15) is 4.79 Å². The van der Waals surface area contributed by atoms with Crippen LogP contribution in [0.5, 0.6) is 0 Å². The van der Waals surface area contributed by atoms with E-state index < -0.39 is 0 Å². The summed E-state index contributed by atoms with van der Waals surface area (Å²) < 4.78 is 0.897. The van der Waals surface area contributed by atoms with Crippen LogP contribution < -0.4 is 10.6 Å². The van der Waals surface area contributed by atoms with Crippen LogP contribution in [0.4, 0.5) is 4.79 Å². The van der Waals surface area contributed by atoms with Crippen LogP contribution in [-0.4, -0.2) is 28.8 Å². The van der Waals surface area contributed by atoms with Crippen molar-refractivity contribution < 1.29 is 9.90 Å². The SMILES string of the molecule is CC[C@H](CO)NC(=O)N[C@H](C)c1ccc(Br)cn1. The molecule has 0 aliphatic heterocycles. The first-order valence-corrected chi connectivity index (χ1v) is 6.65. The zero-order chi connectivity index (χ0) is 13.5. The number of amides is 2. The average molecular weight is 316 g/mol. The predicted octanol–water partition coefficient (Wildman–Crippen LogP) is 1.98. The van der Waals surface area contributed by atoms with Gasteiger partial charge in [-0.05, 0) is 41.4 Å². The Morgan fingerprint density at radius 2 is 2.22 bits per heavy atom. The summed E-state index contributed by atoms with van der Waals surface area (Å²) in [4.78, 5) is 15.9. The highest BCUT2D eigenvalue weighted by molar-refractivity contribution is 9.10. The van der Waals surface area contributed by atoms with Gasteiger partial charge in [-0.25, -0.2) is 4.79 Å². The van der Waals surface area contributed by atoms with Crippen LogP contribution in [0.3, 0.4) is 0 Å². The summed E-state index contributed by atoms with van der Waals surface area (Å²) in [5.41, 5.74) is 0.783. The Hall–Kier alpha value is -1.14. The highest BCUT2D eigenvalue weighted by Gasteiger charge is 2.13. The Bertz CT molecular complexity index is 379. The molecular weight excluding hydrogens is 298 g/mol. The summed E-state index contributed by atoms with van der Waals surface area (Å²) in [7, 11) is 0. The summed E-state index contributed by atoms with van der Waals surface area (Å²) >= 11 is 3.31. The molecule has 0 saturated heterocycles. The molecule has 0 aromatic carbocycles. The van der Waals surface area contributed by atoms with Crippen LogP contribution in [-0.2, 0) is 0 Å². The minimum atomic E-state index is -0.298. The van der Waals surface area contributed by atoms with Crippen molar-refractivity contribution in [3.8, 4) is 0 Å². The van der Waals surface area contributed by atoms with Crippen molar-refractivity contribution in [2.45, 2.75) is 32.4 Å². The number of pyridine rings is 1. The molecule has 0 aliphatic carbocycles. The Morgan fingerprint density at radius 3 is 2.72 bits per heavy atom. The molecule has 0 spiro atoms. The molecule has 0 radical (unpaired) electrons. The quantitative estimate of drug-likeness (QED) is 0.777. The van der Waals surface area contributed by atoms with Gasteiger partial charge in [-0.1, -0.05) is 6.92 Å². The fourth-order valence-electron chi connectivity index (χ4n) is 1.42. The molecule has 2 amide bonds. The van der Waals surface area contributed by atoms with Crippen molar-refractivity contribution in [3.05, 3.63) is 28.5 Å². The summed E-state index contributed by atoms with van der Waals surface area (Å²) in [5.74, 6) is 0. The molecule has 5 nitrogen and oxygen atoms in total. The van der Waals surface area contributed by atoms with E-state index in [1.54, 1.807) is 6.20 Å². The van der Waals surface area contributed by atoms with Crippen LogP contribution in [0.15, 0.2) is 22.8 Å². The molecular formula is C12H18BrN3O2. The van der Waals surface area contributed by atoms with Crippen molar-refractivity contribution in [2.75, 3.05) is 6.61 Å². The van der Waals surface area contributed by atoms with Gasteiger partial charge < -0.3 is 15.7 Å². The van der Waals surface area contributed by atoms with Gasteiger partial charge in [0.2, 0.25) is 0 Å². The fourth-order valence-corrected chi connectivity index (χ4v) is 1.65. The topological polar surface area (TPSA) is 74.2 Å². The van der Waals surface area contributed by atoms with E-state index in [1.807, 2.05) is 26.0 Å². The monoisotopic (exact) mass is 315 g/mol. The molecule has 100 valence electrons. The number of hydrogen-bond acceptors (Lipinski definition) is 3. The van der Waals surface area contributed by atoms with Crippen molar-refractivity contribution >= 4 is 22.0 Å². The fraction of sp³-hybridized carbons (Fsp3) is 0.500. The molecule has 1 heterocycles. The van der Waals surface area contributed by atoms with Crippen molar-refractivity contribution in [1.29, 1.82) is 0 Å². The number of rotatable bonds is 5. The van der Waals surface area contributed by atoms with E-state index in [-0.39, 0.29) is 24.7 Å². The predicted molar refractivity (Wildman–Crippen MR) is 73.2 cm³/mol. The molecule has 0 aliphatic rings. The molecule has 1 rings (SSSR count). The van der Waals surface area contributed by atoms with E-state index in [0.29, 0.717) is 6.42 Å². The number of nitrogens with zero attached hydrogens (tertiary/aromatic N) is 1. The average Bonchev–Trinajstić information content (AvgIpc) is 2.36. The number of carbonyl (C=O) groups is 1. The van der Waals surface area contributed by atoms with E-state index in [1.165, 1.54) is 0 Å². The second-order valence-corrected chi connectivity index (χ2v) is 4.94. The zero-order valence-corrected chi connectivity index (χ0v) is 12.1. The number of carbonyl (C=O) groups excluding carboxylic acids is 1. The van der Waals surface area contributed by atoms with E-state index >= 15 is 0 Å². The summed E-state index contributed by atoms with van der Waals surface area (Å²) in [5, 5.41) is 14.5. The maximum absolute atomic E-state index is 11.7. The first-order chi connectivity index (χ1) is 8.56. The maximum Gasteiger partial charge on any atom is 0.315 e. The van der Waals surface area contributed by atoms with Crippen LogP contribution in [0.1, 0.15) is 32.0 Å². The summed E-state index contributed by atoms with van der Waals surface area (Å²) in [6.45, 7) is 3.70. The highest BCUT2D eigenvalue weighted by Crippen LogP contribution is 2.13. The highest BCUT2D eigenvalue weighted by atomic mass is 79.9. The molecule has 1 aromatic heterocycles. The second-order valence-electron chi connectivity index (χ2n) is 4.03. The van der Waals surface area contributed by atoms with Gasteiger partial charge >= 0.3 is 6.03 Å². The number of halogens is 1. The lowest BCUT2D eigenvalue weighted by atomic mass is 10.2. The van der Waals surface area contributed by atoms with Gasteiger partial charge in [0.05, 0.1) is 24.4 Å². The molecule has 0 saturated carbocycles. The Kier molecular flexibility index (Phi) is 6.07. The Balaban J connectivity index is 2.51.